The van der Waals surface area contributed by atoms with Crippen molar-refractivity contribution >= 4 is 51.0 Å². The SMILES string of the molecule is Cc1cccc(-n2c(C)cc(/C=N\NC(=O)CN(c3cc(Cl)cc(Cl)c3)S(C)(=O)=O)c2C)c1. The lowest BCUT2D eigenvalue weighted by atomic mass is 10.2. The fraction of sp³-hybridized carbons (Fsp3) is 0.217. The average Bonchev–Trinajstić information content (AvgIpc) is 2.97. The molecule has 0 radical (unpaired) electrons. The maximum Gasteiger partial charge on any atom is 0.260 e. The van der Waals surface area contributed by atoms with Gasteiger partial charge in [0, 0.05) is 32.7 Å². The van der Waals surface area contributed by atoms with Gasteiger partial charge in [-0.3, -0.25) is 9.10 Å². The third-order valence-electron chi connectivity index (χ3n) is 4.95. The molecule has 0 unspecified atom stereocenters. The highest BCUT2D eigenvalue weighted by molar-refractivity contribution is 7.92. The van der Waals surface area contributed by atoms with Crippen molar-refractivity contribution in [2.45, 2.75) is 20.8 Å². The van der Waals surface area contributed by atoms with Gasteiger partial charge in [0.25, 0.3) is 5.91 Å². The number of aromatic nitrogens is 1. The number of nitrogens with zero attached hydrogens (tertiary/aromatic N) is 3. The van der Waals surface area contributed by atoms with Crippen LogP contribution < -0.4 is 9.73 Å². The Morgan fingerprint density at radius 3 is 2.36 bits per heavy atom. The Bertz CT molecular complexity index is 1310. The van der Waals surface area contributed by atoms with Gasteiger partial charge in [-0.1, -0.05) is 35.3 Å². The van der Waals surface area contributed by atoms with Crippen molar-refractivity contribution in [1.29, 1.82) is 0 Å². The molecule has 3 rings (SSSR count). The van der Waals surface area contributed by atoms with E-state index < -0.39 is 22.5 Å². The Morgan fingerprint density at radius 1 is 1.09 bits per heavy atom. The summed E-state index contributed by atoms with van der Waals surface area (Å²) in [6.45, 7) is 5.51. The summed E-state index contributed by atoms with van der Waals surface area (Å²) in [7, 11) is -3.77. The van der Waals surface area contributed by atoms with Gasteiger partial charge in [-0.15, -0.1) is 0 Å². The molecule has 1 aromatic heterocycles. The summed E-state index contributed by atoms with van der Waals surface area (Å²) in [4.78, 5) is 12.4. The van der Waals surface area contributed by atoms with Gasteiger partial charge >= 0.3 is 0 Å². The van der Waals surface area contributed by atoms with Gasteiger partial charge in [0.05, 0.1) is 18.2 Å². The van der Waals surface area contributed by atoms with E-state index in [-0.39, 0.29) is 15.7 Å². The molecule has 0 atom stereocenters. The highest BCUT2D eigenvalue weighted by atomic mass is 35.5. The van der Waals surface area contributed by atoms with Crippen LogP contribution in [0.1, 0.15) is 22.5 Å². The summed E-state index contributed by atoms with van der Waals surface area (Å²) in [5, 5.41) is 4.54. The summed E-state index contributed by atoms with van der Waals surface area (Å²) in [5.41, 5.74) is 7.58. The number of carbonyl (C=O) groups excluding carboxylic acids is 1. The van der Waals surface area contributed by atoms with Gasteiger partial charge < -0.3 is 4.57 Å². The van der Waals surface area contributed by atoms with E-state index in [2.05, 4.69) is 21.2 Å². The molecule has 7 nitrogen and oxygen atoms in total. The Hall–Kier alpha value is -2.81. The number of anilines is 1. The van der Waals surface area contributed by atoms with E-state index in [0.29, 0.717) is 0 Å². The van der Waals surface area contributed by atoms with Crippen molar-refractivity contribution in [2.24, 2.45) is 5.10 Å². The van der Waals surface area contributed by atoms with Crippen LogP contribution in [0.15, 0.2) is 53.6 Å². The number of benzene rings is 2. The molecule has 3 aromatic rings. The van der Waals surface area contributed by atoms with Gasteiger partial charge in [-0.05, 0) is 62.7 Å². The zero-order valence-electron chi connectivity index (χ0n) is 18.6. The maximum atomic E-state index is 12.4. The topological polar surface area (TPSA) is 83.8 Å². The molecule has 0 bridgehead atoms. The Morgan fingerprint density at radius 2 is 1.76 bits per heavy atom. The number of rotatable bonds is 7. The van der Waals surface area contributed by atoms with E-state index in [4.69, 9.17) is 23.2 Å². The molecule has 0 aliphatic rings. The molecule has 1 N–H and O–H groups in total. The molecule has 0 saturated heterocycles. The van der Waals surface area contributed by atoms with E-state index in [1.807, 2.05) is 45.0 Å². The van der Waals surface area contributed by atoms with E-state index in [1.54, 1.807) is 0 Å². The number of halogens is 2. The van der Waals surface area contributed by atoms with Crippen molar-refractivity contribution in [3.05, 3.63) is 81.1 Å². The fourth-order valence-electron chi connectivity index (χ4n) is 3.51. The quantitative estimate of drug-likeness (QED) is 0.374. The van der Waals surface area contributed by atoms with Crippen molar-refractivity contribution in [3.63, 3.8) is 0 Å². The zero-order chi connectivity index (χ0) is 24.3. The lowest BCUT2D eigenvalue weighted by Gasteiger charge is -2.21. The third-order valence-corrected chi connectivity index (χ3v) is 6.52. The second-order valence-electron chi connectivity index (χ2n) is 7.69. The predicted octanol–water partition coefficient (Wildman–Crippen LogP) is 4.63. The Labute approximate surface area is 203 Å². The van der Waals surface area contributed by atoms with E-state index in [1.165, 1.54) is 24.4 Å². The van der Waals surface area contributed by atoms with Crippen LogP contribution in [0.4, 0.5) is 5.69 Å². The summed E-state index contributed by atoms with van der Waals surface area (Å²) >= 11 is 12.0. The number of hydrogen-bond donors (Lipinski definition) is 1. The molecule has 0 aliphatic carbocycles. The standard InChI is InChI=1S/C23H24Cl2N4O3S/c1-15-6-5-7-21(8-15)29-16(2)9-18(17(29)3)13-26-27-23(30)14-28(33(4,31)32)22-11-19(24)10-20(25)12-22/h5-13H,14H2,1-4H3,(H,27,30)/b26-13-. The number of hydrogen-bond acceptors (Lipinski definition) is 4. The first-order valence-electron chi connectivity index (χ1n) is 9.97. The molecule has 0 saturated carbocycles. The molecule has 0 fully saturated rings. The molecular weight excluding hydrogens is 483 g/mol. The number of carbonyl (C=O) groups is 1. The van der Waals surface area contributed by atoms with Crippen LogP contribution in [0.25, 0.3) is 5.69 Å². The second-order valence-corrected chi connectivity index (χ2v) is 10.5. The van der Waals surface area contributed by atoms with Crippen LogP contribution in [0, 0.1) is 20.8 Å². The molecule has 2 aromatic carbocycles. The van der Waals surface area contributed by atoms with Gasteiger partial charge in [0.15, 0.2) is 0 Å². The number of sulfonamides is 1. The second kappa shape index (κ2) is 9.99. The molecule has 1 heterocycles. The normalized spacial score (nSPS) is 11.7. The van der Waals surface area contributed by atoms with Crippen molar-refractivity contribution in [3.8, 4) is 5.69 Å². The largest absolute Gasteiger partial charge is 0.318 e. The average molecular weight is 507 g/mol. The van der Waals surface area contributed by atoms with Crippen molar-refractivity contribution in [2.75, 3.05) is 17.1 Å². The van der Waals surface area contributed by atoms with Gasteiger partial charge in [0.2, 0.25) is 10.0 Å². The Kier molecular flexibility index (Phi) is 7.51. The van der Waals surface area contributed by atoms with Crippen molar-refractivity contribution < 1.29 is 13.2 Å². The lowest BCUT2D eigenvalue weighted by Crippen LogP contribution is -2.39. The summed E-state index contributed by atoms with van der Waals surface area (Å²) in [6, 6.07) is 14.4. The number of nitrogens with one attached hydrogen (secondary N) is 1. The van der Waals surface area contributed by atoms with Crippen LogP contribution in [-0.4, -0.2) is 37.9 Å². The fourth-order valence-corrected chi connectivity index (χ4v) is 4.86. The minimum absolute atomic E-state index is 0.191. The number of hydrazone groups is 1. The van der Waals surface area contributed by atoms with Gasteiger partial charge in [0.1, 0.15) is 6.54 Å². The molecule has 1 amide bonds. The van der Waals surface area contributed by atoms with Crippen molar-refractivity contribution in [1.82, 2.24) is 9.99 Å². The molecule has 0 aliphatic heterocycles. The van der Waals surface area contributed by atoms with Gasteiger partial charge in [-0.25, -0.2) is 13.8 Å². The first kappa shape index (κ1) is 24.8. The summed E-state index contributed by atoms with van der Waals surface area (Å²) in [6.07, 6.45) is 2.53. The molecule has 0 spiro atoms. The first-order valence-corrected chi connectivity index (χ1v) is 12.6. The highest BCUT2D eigenvalue weighted by Gasteiger charge is 2.21. The van der Waals surface area contributed by atoms with E-state index in [0.717, 1.165) is 38.8 Å². The predicted molar refractivity (Wildman–Crippen MR) is 134 cm³/mol. The van der Waals surface area contributed by atoms with E-state index in [9.17, 15) is 13.2 Å². The Balaban J connectivity index is 1.76. The van der Waals surface area contributed by atoms with E-state index >= 15 is 0 Å². The zero-order valence-corrected chi connectivity index (χ0v) is 21.0. The molecule has 10 heteroatoms. The molecule has 174 valence electrons. The van der Waals surface area contributed by atoms with Crippen LogP contribution >= 0.6 is 23.2 Å². The smallest absolute Gasteiger partial charge is 0.260 e. The van der Waals surface area contributed by atoms with Crippen LogP contribution in [0.3, 0.4) is 0 Å². The van der Waals surface area contributed by atoms with Crippen LogP contribution in [0.2, 0.25) is 10.0 Å². The summed E-state index contributed by atoms with van der Waals surface area (Å²) < 4.78 is 27.5. The number of aryl methyl sites for hydroxylation is 2. The summed E-state index contributed by atoms with van der Waals surface area (Å²) in [5.74, 6) is -0.611. The first-order chi connectivity index (χ1) is 15.5. The molecular formula is C23H24Cl2N4O3S. The maximum absolute atomic E-state index is 12.4. The highest BCUT2D eigenvalue weighted by Crippen LogP contribution is 2.27. The lowest BCUT2D eigenvalue weighted by molar-refractivity contribution is -0.119. The van der Waals surface area contributed by atoms with Crippen LogP contribution in [-0.2, 0) is 14.8 Å². The van der Waals surface area contributed by atoms with Crippen LogP contribution in [0.5, 0.6) is 0 Å². The minimum atomic E-state index is -3.77. The number of amides is 1. The minimum Gasteiger partial charge on any atom is -0.318 e. The molecule has 33 heavy (non-hydrogen) atoms. The third kappa shape index (κ3) is 6.16. The monoisotopic (exact) mass is 506 g/mol. The van der Waals surface area contributed by atoms with Gasteiger partial charge in [-0.2, -0.15) is 5.10 Å².